The summed E-state index contributed by atoms with van der Waals surface area (Å²) in [7, 11) is 0. The Morgan fingerprint density at radius 1 is 1.30 bits per heavy atom. The lowest BCUT2D eigenvalue weighted by atomic mass is 10.0. The summed E-state index contributed by atoms with van der Waals surface area (Å²) in [5.74, 6) is -0.676. The number of Topliss-reactive ketones (excluding diaryl/α,β-unsaturated/α-hetero) is 1. The number of aryl methyl sites for hydroxylation is 2. The molecule has 0 bridgehead atoms. The zero-order valence-corrected chi connectivity index (χ0v) is 12.7. The highest BCUT2D eigenvalue weighted by atomic mass is 32.1. The van der Waals surface area contributed by atoms with E-state index in [9.17, 15) is 10.1 Å². The number of fused-ring (bicyclic) bond motifs is 1. The van der Waals surface area contributed by atoms with Gasteiger partial charge in [-0.1, -0.05) is 12.5 Å². The first-order valence-electron chi connectivity index (χ1n) is 6.88. The molecular formula is C16H15NOS2. The number of rotatable bonds is 3. The Kier molecular flexibility index (Phi) is 4.00. The predicted octanol–water partition coefficient (Wildman–Crippen LogP) is 4.57. The van der Waals surface area contributed by atoms with E-state index < -0.39 is 5.92 Å². The highest BCUT2D eigenvalue weighted by Crippen LogP contribution is 2.33. The van der Waals surface area contributed by atoms with Crippen molar-refractivity contribution in [2.75, 3.05) is 0 Å². The van der Waals surface area contributed by atoms with E-state index in [1.165, 1.54) is 41.0 Å². The van der Waals surface area contributed by atoms with Gasteiger partial charge in [0.05, 0.1) is 10.9 Å². The Morgan fingerprint density at radius 3 is 2.90 bits per heavy atom. The molecule has 102 valence electrons. The van der Waals surface area contributed by atoms with Crippen molar-refractivity contribution in [3.05, 3.63) is 43.8 Å². The van der Waals surface area contributed by atoms with Crippen LogP contribution < -0.4 is 0 Å². The summed E-state index contributed by atoms with van der Waals surface area (Å²) in [6, 6.07) is 7.96. The molecule has 1 aliphatic carbocycles. The molecular weight excluding hydrogens is 286 g/mol. The van der Waals surface area contributed by atoms with Crippen molar-refractivity contribution < 1.29 is 4.79 Å². The maximum Gasteiger partial charge on any atom is 0.195 e. The van der Waals surface area contributed by atoms with E-state index in [0.29, 0.717) is 0 Å². The normalized spacial score (nSPS) is 15.9. The molecule has 1 atom stereocenters. The number of ketones is 1. The standard InChI is InChI=1S/C16H15NOS2/c17-10-12(14-7-4-8-19-14)16(18)15-9-11-5-2-1-3-6-13(11)20-15/h4,7-9,12H,1-3,5-6H2. The summed E-state index contributed by atoms with van der Waals surface area (Å²) < 4.78 is 0. The van der Waals surface area contributed by atoms with Crippen LogP contribution in [0.5, 0.6) is 0 Å². The van der Waals surface area contributed by atoms with Gasteiger partial charge in [0.25, 0.3) is 0 Å². The predicted molar refractivity (Wildman–Crippen MR) is 82.6 cm³/mol. The number of thiophene rings is 2. The fourth-order valence-corrected chi connectivity index (χ4v) is 4.63. The van der Waals surface area contributed by atoms with Crippen LogP contribution in [0.3, 0.4) is 0 Å². The molecule has 0 N–H and O–H groups in total. The van der Waals surface area contributed by atoms with Gasteiger partial charge in [-0.25, -0.2) is 0 Å². The Balaban J connectivity index is 1.89. The third-order valence-electron chi connectivity index (χ3n) is 3.71. The summed E-state index contributed by atoms with van der Waals surface area (Å²) in [6.07, 6.45) is 5.87. The minimum Gasteiger partial charge on any atom is -0.291 e. The minimum absolute atomic E-state index is 0.0342. The number of carbonyl (C=O) groups is 1. The lowest BCUT2D eigenvalue weighted by molar-refractivity contribution is 0.0984. The van der Waals surface area contributed by atoms with Gasteiger partial charge < -0.3 is 0 Å². The smallest absolute Gasteiger partial charge is 0.195 e. The second-order valence-corrected chi connectivity index (χ2v) is 7.18. The molecule has 2 aromatic rings. The fraction of sp³-hybridized carbons (Fsp3) is 0.375. The molecule has 20 heavy (non-hydrogen) atoms. The van der Waals surface area contributed by atoms with Gasteiger partial charge in [-0.15, -0.1) is 22.7 Å². The first-order chi connectivity index (χ1) is 9.79. The van der Waals surface area contributed by atoms with Gasteiger partial charge in [-0.3, -0.25) is 4.79 Å². The lowest BCUT2D eigenvalue weighted by Gasteiger charge is -2.03. The van der Waals surface area contributed by atoms with E-state index in [4.69, 9.17) is 0 Å². The van der Waals surface area contributed by atoms with Crippen molar-refractivity contribution in [3.63, 3.8) is 0 Å². The average molecular weight is 301 g/mol. The molecule has 2 heterocycles. The SMILES string of the molecule is N#CC(C(=O)c1cc2c(s1)CCCCC2)c1cccs1. The molecule has 0 saturated heterocycles. The van der Waals surface area contributed by atoms with Crippen LogP contribution in [0.25, 0.3) is 0 Å². The maximum absolute atomic E-state index is 12.6. The van der Waals surface area contributed by atoms with E-state index in [0.717, 1.165) is 22.6 Å². The summed E-state index contributed by atoms with van der Waals surface area (Å²) in [5, 5.41) is 11.2. The highest BCUT2D eigenvalue weighted by molar-refractivity contribution is 7.14. The van der Waals surface area contributed by atoms with Gasteiger partial charge in [0, 0.05) is 9.75 Å². The van der Waals surface area contributed by atoms with Crippen molar-refractivity contribution in [1.29, 1.82) is 5.26 Å². The number of hydrogen-bond donors (Lipinski definition) is 0. The lowest BCUT2D eigenvalue weighted by Crippen LogP contribution is -2.08. The molecule has 0 aromatic carbocycles. The Bertz CT molecular complexity index is 625. The van der Waals surface area contributed by atoms with Crippen molar-refractivity contribution in [1.82, 2.24) is 0 Å². The highest BCUT2D eigenvalue weighted by Gasteiger charge is 2.25. The Hall–Kier alpha value is -1.44. The van der Waals surface area contributed by atoms with Crippen molar-refractivity contribution >= 4 is 28.5 Å². The van der Waals surface area contributed by atoms with E-state index in [1.54, 1.807) is 11.3 Å². The molecule has 4 heteroatoms. The number of nitriles is 1. The van der Waals surface area contributed by atoms with Crippen LogP contribution in [-0.4, -0.2) is 5.78 Å². The molecule has 1 aliphatic rings. The molecule has 2 aromatic heterocycles. The molecule has 0 aliphatic heterocycles. The maximum atomic E-state index is 12.6. The Morgan fingerprint density at radius 2 is 2.15 bits per heavy atom. The third kappa shape index (κ3) is 2.56. The van der Waals surface area contributed by atoms with Crippen molar-refractivity contribution in [3.8, 4) is 6.07 Å². The number of nitrogens with zero attached hydrogens (tertiary/aromatic N) is 1. The molecule has 0 radical (unpaired) electrons. The van der Waals surface area contributed by atoms with Crippen LogP contribution >= 0.6 is 22.7 Å². The first kappa shape index (κ1) is 13.5. The zero-order chi connectivity index (χ0) is 13.9. The van der Waals surface area contributed by atoms with E-state index in [1.807, 2.05) is 23.6 Å². The molecule has 0 saturated carbocycles. The number of carbonyl (C=O) groups excluding carboxylic acids is 1. The largest absolute Gasteiger partial charge is 0.291 e. The van der Waals surface area contributed by atoms with Gasteiger partial charge in [-0.2, -0.15) is 5.26 Å². The molecule has 1 unspecified atom stereocenters. The quantitative estimate of drug-likeness (QED) is 0.615. The summed E-state index contributed by atoms with van der Waals surface area (Å²) in [6.45, 7) is 0. The van der Waals surface area contributed by atoms with Crippen molar-refractivity contribution in [2.45, 2.75) is 38.0 Å². The van der Waals surface area contributed by atoms with Crippen LogP contribution in [0, 0.1) is 11.3 Å². The van der Waals surface area contributed by atoms with Crippen LogP contribution in [0.2, 0.25) is 0 Å². The minimum atomic E-state index is -0.641. The average Bonchev–Trinajstić information content (AvgIpc) is 3.06. The van der Waals surface area contributed by atoms with Crippen LogP contribution in [-0.2, 0) is 12.8 Å². The van der Waals surface area contributed by atoms with Gasteiger partial charge in [0.15, 0.2) is 5.78 Å². The molecule has 2 nitrogen and oxygen atoms in total. The van der Waals surface area contributed by atoms with Gasteiger partial charge in [-0.05, 0) is 48.8 Å². The summed E-state index contributed by atoms with van der Waals surface area (Å²) >= 11 is 3.08. The van der Waals surface area contributed by atoms with Crippen LogP contribution in [0.15, 0.2) is 23.6 Å². The second-order valence-electron chi connectivity index (χ2n) is 5.06. The summed E-state index contributed by atoms with van der Waals surface area (Å²) in [5.41, 5.74) is 1.33. The van der Waals surface area contributed by atoms with Gasteiger partial charge >= 0.3 is 0 Å². The van der Waals surface area contributed by atoms with Gasteiger partial charge in [0.2, 0.25) is 0 Å². The molecule has 0 fully saturated rings. The topological polar surface area (TPSA) is 40.9 Å². The second kappa shape index (κ2) is 5.90. The molecule has 0 spiro atoms. The van der Waals surface area contributed by atoms with Crippen molar-refractivity contribution in [2.24, 2.45) is 0 Å². The molecule has 3 rings (SSSR count). The Labute approximate surface area is 126 Å². The monoisotopic (exact) mass is 301 g/mol. The zero-order valence-electron chi connectivity index (χ0n) is 11.1. The number of hydrogen-bond acceptors (Lipinski definition) is 4. The third-order valence-corrected chi connectivity index (χ3v) is 5.90. The van der Waals surface area contributed by atoms with Gasteiger partial charge in [0.1, 0.15) is 5.92 Å². The van der Waals surface area contributed by atoms with E-state index in [2.05, 4.69) is 6.07 Å². The van der Waals surface area contributed by atoms with E-state index >= 15 is 0 Å². The van der Waals surface area contributed by atoms with Crippen LogP contribution in [0.4, 0.5) is 0 Å². The first-order valence-corrected chi connectivity index (χ1v) is 8.58. The summed E-state index contributed by atoms with van der Waals surface area (Å²) in [4.78, 5) is 15.5. The molecule has 0 amide bonds. The van der Waals surface area contributed by atoms with Crippen LogP contribution in [0.1, 0.15) is 50.2 Å². The fourth-order valence-electron chi connectivity index (χ4n) is 2.64. The van der Waals surface area contributed by atoms with E-state index in [-0.39, 0.29) is 5.78 Å².